The molecule has 8 heteroatoms. The van der Waals surface area contributed by atoms with Gasteiger partial charge >= 0.3 is 0 Å². The summed E-state index contributed by atoms with van der Waals surface area (Å²) in [6, 6.07) is 4.71. The minimum absolute atomic E-state index is 0.0167. The van der Waals surface area contributed by atoms with Crippen molar-refractivity contribution in [3.05, 3.63) is 47.6 Å². The molecule has 140 valence electrons. The molecule has 0 spiro atoms. The summed E-state index contributed by atoms with van der Waals surface area (Å²) in [6.45, 7) is 3.79. The van der Waals surface area contributed by atoms with E-state index in [9.17, 15) is 9.18 Å². The summed E-state index contributed by atoms with van der Waals surface area (Å²) in [4.78, 5) is 26.9. The van der Waals surface area contributed by atoms with Crippen molar-refractivity contribution in [3.63, 3.8) is 0 Å². The topological polar surface area (TPSA) is 71.0 Å². The molecule has 1 fully saturated rings. The van der Waals surface area contributed by atoms with Gasteiger partial charge < -0.3 is 10.2 Å². The highest BCUT2D eigenvalue weighted by Gasteiger charge is 2.27. The first kappa shape index (κ1) is 17.8. The van der Waals surface area contributed by atoms with E-state index in [1.54, 1.807) is 17.7 Å². The molecule has 0 bridgehead atoms. The van der Waals surface area contributed by atoms with Crippen molar-refractivity contribution >= 4 is 33.3 Å². The molecule has 1 amide bonds. The van der Waals surface area contributed by atoms with Gasteiger partial charge in [-0.3, -0.25) is 4.79 Å². The molecule has 4 heterocycles. The van der Waals surface area contributed by atoms with Gasteiger partial charge in [0.25, 0.3) is 5.91 Å². The molecule has 6 nitrogen and oxygen atoms in total. The first-order valence-corrected chi connectivity index (χ1v) is 9.85. The Balaban J connectivity index is 1.37. The van der Waals surface area contributed by atoms with Crippen LogP contribution in [0.5, 0.6) is 0 Å². The maximum atomic E-state index is 13.2. The number of hydrogen-bond acceptors (Lipinski definition) is 6. The van der Waals surface area contributed by atoms with Crippen LogP contribution in [0.2, 0.25) is 0 Å². The minimum Gasteiger partial charge on any atom is -0.355 e. The molecule has 27 heavy (non-hydrogen) atoms. The predicted molar refractivity (Wildman–Crippen MR) is 103 cm³/mol. The van der Waals surface area contributed by atoms with Crippen molar-refractivity contribution in [1.82, 2.24) is 20.3 Å². The molecule has 4 rings (SSSR count). The Bertz CT molecular complexity index is 954. The number of piperidine rings is 1. The van der Waals surface area contributed by atoms with Crippen molar-refractivity contribution in [1.29, 1.82) is 0 Å². The summed E-state index contributed by atoms with van der Waals surface area (Å²) in [6.07, 6.45) is 4.85. The third-order valence-electron chi connectivity index (χ3n) is 5.12. The summed E-state index contributed by atoms with van der Waals surface area (Å²) < 4.78 is 14.3. The number of aromatic nitrogens is 3. The zero-order chi connectivity index (χ0) is 18.8. The summed E-state index contributed by atoms with van der Waals surface area (Å²) in [5, 5.41) is 5.03. The van der Waals surface area contributed by atoms with Crippen LogP contribution in [0.4, 0.5) is 10.2 Å². The van der Waals surface area contributed by atoms with Gasteiger partial charge in [0.1, 0.15) is 12.1 Å². The zero-order valence-corrected chi connectivity index (χ0v) is 15.7. The average molecular weight is 385 g/mol. The van der Waals surface area contributed by atoms with Crippen LogP contribution in [0.3, 0.4) is 0 Å². The summed E-state index contributed by atoms with van der Waals surface area (Å²) in [5.41, 5.74) is 1.28. The third-order valence-corrected chi connectivity index (χ3v) is 6.02. The first-order chi connectivity index (χ1) is 13.1. The highest BCUT2D eigenvalue weighted by atomic mass is 32.1. The smallest absolute Gasteiger partial charge is 0.251 e. The molecule has 0 aliphatic carbocycles. The van der Waals surface area contributed by atoms with E-state index in [4.69, 9.17) is 0 Å². The molecular formula is C19H20FN5OS. The van der Waals surface area contributed by atoms with Gasteiger partial charge in [0.15, 0.2) is 0 Å². The standard InChI is InChI=1S/C19H20FN5OS/c1-12(24-19(26)14-2-6-21-16(20)10-14)13-3-7-25(8-4-13)18-17-15(5-9-27-17)22-11-23-18/h2,5-6,9-13H,3-4,7-8H2,1H3,(H,24,26)/t12-/m1/s1. The second-order valence-electron chi connectivity index (χ2n) is 6.79. The maximum absolute atomic E-state index is 13.2. The fraction of sp³-hybridized carbons (Fsp3) is 0.368. The fourth-order valence-corrected chi connectivity index (χ4v) is 4.43. The van der Waals surface area contributed by atoms with E-state index in [1.807, 2.05) is 18.4 Å². The van der Waals surface area contributed by atoms with E-state index in [0.717, 1.165) is 48.0 Å². The Hall–Kier alpha value is -2.61. The Morgan fingerprint density at radius 2 is 2.11 bits per heavy atom. The molecule has 1 N–H and O–H groups in total. The maximum Gasteiger partial charge on any atom is 0.251 e. The van der Waals surface area contributed by atoms with Gasteiger partial charge in [0.2, 0.25) is 5.95 Å². The quantitative estimate of drug-likeness (QED) is 0.698. The van der Waals surface area contributed by atoms with Gasteiger partial charge in [-0.25, -0.2) is 15.0 Å². The van der Waals surface area contributed by atoms with Crippen LogP contribution in [-0.2, 0) is 0 Å². The number of pyridine rings is 1. The number of nitrogens with one attached hydrogen (secondary N) is 1. The number of hydrogen-bond donors (Lipinski definition) is 1. The number of thiophene rings is 1. The number of halogens is 1. The van der Waals surface area contributed by atoms with Crippen LogP contribution in [-0.4, -0.2) is 40.0 Å². The Labute approximate surface area is 160 Å². The van der Waals surface area contributed by atoms with Crippen LogP contribution in [0, 0.1) is 11.9 Å². The lowest BCUT2D eigenvalue weighted by molar-refractivity contribution is 0.0921. The van der Waals surface area contributed by atoms with Crippen LogP contribution < -0.4 is 10.2 Å². The van der Waals surface area contributed by atoms with Crippen molar-refractivity contribution < 1.29 is 9.18 Å². The van der Waals surface area contributed by atoms with Crippen LogP contribution >= 0.6 is 11.3 Å². The Morgan fingerprint density at radius 1 is 1.30 bits per heavy atom. The highest BCUT2D eigenvalue weighted by molar-refractivity contribution is 7.17. The van der Waals surface area contributed by atoms with Gasteiger partial charge in [-0.2, -0.15) is 4.39 Å². The molecule has 3 aromatic heterocycles. The molecule has 0 aromatic carbocycles. The van der Waals surface area contributed by atoms with E-state index in [1.165, 1.54) is 12.3 Å². The molecule has 1 atom stereocenters. The van der Waals surface area contributed by atoms with E-state index in [2.05, 4.69) is 25.2 Å². The summed E-state index contributed by atoms with van der Waals surface area (Å²) >= 11 is 1.66. The van der Waals surface area contributed by atoms with E-state index >= 15 is 0 Å². The number of carbonyl (C=O) groups is 1. The van der Waals surface area contributed by atoms with Crippen molar-refractivity contribution in [2.24, 2.45) is 5.92 Å². The van der Waals surface area contributed by atoms with Crippen LogP contribution in [0.1, 0.15) is 30.1 Å². The minimum atomic E-state index is -0.645. The van der Waals surface area contributed by atoms with Gasteiger partial charge in [-0.05, 0) is 43.2 Å². The largest absolute Gasteiger partial charge is 0.355 e. The monoisotopic (exact) mass is 385 g/mol. The summed E-state index contributed by atoms with van der Waals surface area (Å²) in [7, 11) is 0. The second-order valence-corrected chi connectivity index (χ2v) is 7.70. The number of amides is 1. The molecule has 0 saturated carbocycles. The molecule has 1 saturated heterocycles. The Kier molecular flexibility index (Phi) is 4.98. The normalized spacial score (nSPS) is 16.4. The van der Waals surface area contributed by atoms with Gasteiger partial charge in [-0.15, -0.1) is 11.3 Å². The molecule has 3 aromatic rings. The third kappa shape index (κ3) is 3.75. The molecule has 0 unspecified atom stereocenters. The van der Waals surface area contributed by atoms with E-state index < -0.39 is 5.95 Å². The van der Waals surface area contributed by atoms with E-state index in [0.29, 0.717) is 11.5 Å². The van der Waals surface area contributed by atoms with E-state index in [-0.39, 0.29) is 11.9 Å². The number of rotatable bonds is 4. The fourth-order valence-electron chi connectivity index (χ4n) is 3.56. The van der Waals surface area contributed by atoms with Crippen LogP contribution in [0.25, 0.3) is 10.2 Å². The lowest BCUT2D eigenvalue weighted by Gasteiger charge is -2.35. The number of fused-ring (bicyclic) bond motifs is 1. The highest BCUT2D eigenvalue weighted by Crippen LogP contribution is 2.31. The van der Waals surface area contributed by atoms with Crippen molar-refractivity contribution in [2.75, 3.05) is 18.0 Å². The Morgan fingerprint density at radius 3 is 2.89 bits per heavy atom. The summed E-state index contributed by atoms with van der Waals surface area (Å²) in [5.74, 6) is 0.464. The van der Waals surface area contributed by atoms with Crippen molar-refractivity contribution in [3.8, 4) is 0 Å². The predicted octanol–water partition coefficient (Wildman–Crippen LogP) is 3.26. The van der Waals surface area contributed by atoms with Gasteiger partial charge in [0, 0.05) is 37.0 Å². The number of anilines is 1. The van der Waals surface area contributed by atoms with Crippen LogP contribution in [0.15, 0.2) is 36.1 Å². The first-order valence-electron chi connectivity index (χ1n) is 8.97. The molecule has 0 radical (unpaired) electrons. The zero-order valence-electron chi connectivity index (χ0n) is 14.9. The molecular weight excluding hydrogens is 365 g/mol. The molecule has 1 aliphatic rings. The van der Waals surface area contributed by atoms with Crippen molar-refractivity contribution in [2.45, 2.75) is 25.8 Å². The number of carbonyl (C=O) groups excluding carboxylic acids is 1. The SMILES string of the molecule is C[C@@H](NC(=O)c1ccnc(F)c1)C1CCN(c2ncnc3ccsc23)CC1. The van der Waals surface area contributed by atoms with Gasteiger partial charge in [0.05, 0.1) is 10.2 Å². The lowest BCUT2D eigenvalue weighted by atomic mass is 9.90. The average Bonchev–Trinajstić information content (AvgIpc) is 3.17. The van der Waals surface area contributed by atoms with Gasteiger partial charge in [-0.1, -0.05) is 0 Å². The lowest BCUT2D eigenvalue weighted by Crippen LogP contribution is -2.44. The second kappa shape index (κ2) is 7.56. The number of nitrogens with zero attached hydrogens (tertiary/aromatic N) is 4. The molecule has 1 aliphatic heterocycles.